The van der Waals surface area contributed by atoms with Gasteiger partial charge in [-0.05, 0) is 117 Å². The summed E-state index contributed by atoms with van der Waals surface area (Å²) in [5.74, 6) is -3.85. The number of likely N-dealkylation sites (N-methyl/N-ethyl adjacent to an activating group) is 1. The predicted octanol–water partition coefficient (Wildman–Crippen LogP) is 1.35. The second-order valence-corrected chi connectivity index (χ2v) is 18.0. The van der Waals surface area contributed by atoms with Gasteiger partial charge in [0.15, 0.2) is 0 Å². The minimum absolute atomic E-state index is 0.0313. The monoisotopic (exact) mass is 838 g/mol. The zero-order valence-corrected chi connectivity index (χ0v) is 35.3. The summed E-state index contributed by atoms with van der Waals surface area (Å²) in [5, 5.41) is 63.3. The third-order valence-corrected chi connectivity index (χ3v) is 14.5. The number of aliphatic hydroxyl groups is 3. The Kier molecular flexibility index (Phi) is 17.9. The van der Waals surface area contributed by atoms with Crippen LogP contribution < -0.4 is 21.3 Å². The van der Waals surface area contributed by atoms with E-state index in [2.05, 4.69) is 42.0 Å². The number of hydrogen-bond acceptors (Lipinski definition) is 11. The van der Waals surface area contributed by atoms with E-state index in [0.717, 1.165) is 25.7 Å². The molecule has 4 aliphatic rings. The molecule has 336 valence electrons. The Labute approximate surface area is 347 Å². The largest absolute Gasteiger partial charge is 0.480 e. The average Bonchev–Trinajstić information content (AvgIpc) is 3.54. The summed E-state index contributed by atoms with van der Waals surface area (Å²) in [6.07, 6.45) is 3.41. The molecule has 0 aromatic carbocycles. The van der Waals surface area contributed by atoms with Gasteiger partial charge < -0.3 is 56.3 Å². The molecule has 4 aliphatic carbocycles. The molecule has 0 spiro atoms. The second-order valence-electron chi connectivity index (χ2n) is 18.0. The van der Waals surface area contributed by atoms with Gasteiger partial charge in [0.05, 0.1) is 38.1 Å². The maximum absolute atomic E-state index is 13.1. The van der Waals surface area contributed by atoms with E-state index in [0.29, 0.717) is 32.2 Å². The molecular formula is C42H70N4O13. The van der Waals surface area contributed by atoms with Gasteiger partial charge in [-0.2, -0.15) is 0 Å². The summed E-state index contributed by atoms with van der Waals surface area (Å²) in [6, 6.07) is -2.77. The number of ether oxygens (including phenoxy) is 2. The molecule has 13 atom stereocenters. The van der Waals surface area contributed by atoms with Crippen molar-refractivity contribution in [1.29, 1.82) is 0 Å². The minimum Gasteiger partial charge on any atom is -0.480 e. The molecule has 0 saturated heterocycles. The first-order valence-electron chi connectivity index (χ1n) is 21.7. The van der Waals surface area contributed by atoms with Gasteiger partial charge in [-0.15, -0.1) is 0 Å². The maximum atomic E-state index is 13.1. The molecular weight excluding hydrogens is 768 g/mol. The van der Waals surface area contributed by atoms with Gasteiger partial charge in [-0.3, -0.25) is 19.2 Å². The summed E-state index contributed by atoms with van der Waals surface area (Å²) in [4.78, 5) is 73.2. The zero-order valence-electron chi connectivity index (χ0n) is 35.3. The quantitative estimate of drug-likeness (QED) is 0.0659. The number of nitrogens with one attached hydrogen (secondary N) is 4. The number of hydrogen-bond donors (Lipinski definition) is 9. The van der Waals surface area contributed by atoms with E-state index >= 15 is 0 Å². The summed E-state index contributed by atoms with van der Waals surface area (Å²) in [6.45, 7) is 9.46. The van der Waals surface area contributed by atoms with Crippen LogP contribution in [-0.4, -0.2) is 131 Å². The third-order valence-electron chi connectivity index (χ3n) is 14.5. The third kappa shape index (κ3) is 12.4. The van der Waals surface area contributed by atoms with Crippen molar-refractivity contribution in [3.8, 4) is 0 Å². The highest BCUT2D eigenvalue weighted by molar-refractivity contribution is 5.86. The number of rotatable bonds is 23. The van der Waals surface area contributed by atoms with Crippen molar-refractivity contribution in [2.24, 2.45) is 46.3 Å². The number of fused-ring (bicyclic) bond motifs is 5. The van der Waals surface area contributed by atoms with Crippen molar-refractivity contribution in [2.45, 2.75) is 142 Å². The molecule has 17 heteroatoms. The van der Waals surface area contributed by atoms with Gasteiger partial charge in [0.25, 0.3) is 0 Å². The molecule has 4 fully saturated rings. The minimum atomic E-state index is -1.39. The molecule has 0 aliphatic heterocycles. The van der Waals surface area contributed by atoms with Crippen LogP contribution >= 0.6 is 0 Å². The molecule has 0 aromatic rings. The lowest BCUT2D eigenvalue weighted by Crippen LogP contribution is -2.62. The number of aliphatic hydroxyl groups excluding tert-OH is 3. The van der Waals surface area contributed by atoms with Crippen LogP contribution in [0.1, 0.15) is 111 Å². The molecule has 4 rings (SSSR count). The van der Waals surface area contributed by atoms with E-state index in [4.69, 9.17) is 9.47 Å². The molecule has 0 radical (unpaired) electrons. The van der Waals surface area contributed by atoms with Crippen LogP contribution in [0.4, 0.5) is 0 Å². The summed E-state index contributed by atoms with van der Waals surface area (Å²) in [5.41, 5.74) is -0.470. The van der Waals surface area contributed by atoms with Crippen molar-refractivity contribution < 1.29 is 63.8 Å². The van der Waals surface area contributed by atoms with Crippen LogP contribution in [0.5, 0.6) is 0 Å². The van der Waals surface area contributed by atoms with Crippen LogP contribution in [0.25, 0.3) is 0 Å². The Morgan fingerprint density at radius 2 is 1.32 bits per heavy atom. The molecule has 0 heterocycles. The lowest BCUT2D eigenvalue weighted by Gasteiger charge is -2.63. The van der Waals surface area contributed by atoms with Gasteiger partial charge in [0, 0.05) is 32.4 Å². The highest BCUT2D eigenvalue weighted by Gasteiger charge is 2.65. The van der Waals surface area contributed by atoms with Crippen LogP contribution in [0.3, 0.4) is 0 Å². The van der Waals surface area contributed by atoms with E-state index in [1.54, 1.807) is 6.92 Å². The fourth-order valence-corrected chi connectivity index (χ4v) is 11.3. The van der Waals surface area contributed by atoms with E-state index in [1.807, 2.05) is 0 Å². The van der Waals surface area contributed by atoms with Gasteiger partial charge in [0.1, 0.15) is 18.7 Å². The number of amides is 4. The molecule has 17 nitrogen and oxygen atoms in total. The molecule has 4 saturated carbocycles. The van der Waals surface area contributed by atoms with Crippen molar-refractivity contribution in [1.82, 2.24) is 21.3 Å². The highest BCUT2D eigenvalue weighted by atomic mass is 16.5. The predicted molar refractivity (Wildman–Crippen MR) is 213 cm³/mol. The normalized spacial score (nSPS) is 32.6. The molecule has 9 N–H and O–H groups in total. The summed E-state index contributed by atoms with van der Waals surface area (Å²) < 4.78 is 10.5. The summed E-state index contributed by atoms with van der Waals surface area (Å²) >= 11 is 0. The van der Waals surface area contributed by atoms with Crippen LogP contribution in [0, 0.1) is 46.3 Å². The molecule has 0 bridgehead atoms. The molecule has 0 unspecified atom stereocenters. The summed E-state index contributed by atoms with van der Waals surface area (Å²) in [7, 11) is 0. The smallest absolute Gasteiger partial charge is 0.326 e. The Morgan fingerprint density at radius 1 is 0.712 bits per heavy atom. The first-order valence-corrected chi connectivity index (χ1v) is 21.7. The number of carbonyl (C=O) groups is 6. The number of carboxylic acids is 2. The van der Waals surface area contributed by atoms with E-state index in [9.17, 15) is 54.3 Å². The fraction of sp³-hybridized carbons (Fsp3) is 0.857. The second kappa shape index (κ2) is 21.9. The SMILES string of the molecule is CCNC(=O)COCCOCCNC(=O)CC[C@H](NC(=O)CC[C@H](NC(=O)CC[C@@H](C)[C@H]1CC[C@H]2[C@@H]3[C@H](O)C[C@@H]4C[C@H](O)CC[C@]4(C)[C@H]3C[C@H](O)[C@]12C)C(=O)O)C(=O)O. The Hall–Kier alpha value is -3.38. The highest BCUT2D eigenvalue weighted by Crippen LogP contribution is 2.68. The van der Waals surface area contributed by atoms with Crippen molar-refractivity contribution in [3.05, 3.63) is 0 Å². The lowest BCUT2D eigenvalue weighted by atomic mass is 9.43. The molecule has 4 amide bonds. The zero-order chi connectivity index (χ0) is 43.5. The molecule has 0 aromatic heterocycles. The number of carbonyl (C=O) groups excluding carboxylic acids is 4. The Balaban J connectivity index is 1.17. The van der Waals surface area contributed by atoms with Crippen molar-refractivity contribution >= 4 is 35.6 Å². The van der Waals surface area contributed by atoms with Crippen LogP contribution in [0.15, 0.2) is 0 Å². The first-order chi connectivity index (χ1) is 27.9. The van der Waals surface area contributed by atoms with Crippen molar-refractivity contribution in [2.75, 3.05) is 39.5 Å². The standard InChI is InChI=1S/C42H70N4O13/c1-5-43-37(53)23-59-19-18-58-17-16-44-34(50)12-9-30(39(54)55)46-36(52)13-10-31(40(56)57)45-35(51)11-6-24(2)27-7-8-28-38-29(22-33(49)42(27,28)4)41(3)15-14-26(47)20-25(41)21-32(38)48/h24-33,38,47-49H,5-23H2,1-4H3,(H,43,53)(H,44,50)(H,45,51)(H,46,52)(H,54,55)(H,56,57)/t24-,25+,26-,27-,28+,29+,30+,31+,32-,33+,38+,41+,42-/m1/s1. The number of carboxylic acid groups (broad SMARTS) is 2. The van der Waals surface area contributed by atoms with Crippen molar-refractivity contribution in [3.63, 3.8) is 0 Å². The fourth-order valence-electron chi connectivity index (χ4n) is 11.3. The van der Waals surface area contributed by atoms with E-state index in [1.165, 1.54) is 0 Å². The van der Waals surface area contributed by atoms with E-state index < -0.39 is 59.4 Å². The van der Waals surface area contributed by atoms with Gasteiger partial charge >= 0.3 is 11.9 Å². The average molecular weight is 839 g/mol. The first kappa shape index (κ1) is 48.3. The molecule has 59 heavy (non-hydrogen) atoms. The van der Waals surface area contributed by atoms with Gasteiger partial charge in [-0.25, -0.2) is 9.59 Å². The lowest BCUT2D eigenvalue weighted by molar-refractivity contribution is -0.207. The maximum Gasteiger partial charge on any atom is 0.326 e. The Morgan fingerprint density at radius 3 is 1.95 bits per heavy atom. The van der Waals surface area contributed by atoms with Crippen LogP contribution in [-0.2, 0) is 38.2 Å². The Bertz CT molecular complexity index is 1470. The van der Waals surface area contributed by atoms with Gasteiger partial charge in [-0.1, -0.05) is 20.8 Å². The van der Waals surface area contributed by atoms with Crippen LogP contribution in [0.2, 0.25) is 0 Å². The number of aliphatic carboxylic acids is 2. The van der Waals surface area contributed by atoms with Gasteiger partial charge in [0.2, 0.25) is 23.6 Å². The topological polar surface area (TPSA) is 270 Å². The van der Waals surface area contributed by atoms with E-state index in [-0.39, 0.29) is 118 Å².